The monoisotopic (exact) mass is 280 g/mol. The van der Waals surface area contributed by atoms with Crippen molar-refractivity contribution in [3.8, 4) is 0 Å². The summed E-state index contributed by atoms with van der Waals surface area (Å²) in [5.41, 5.74) is 1.07. The van der Waals surface area contributed by atoms with Gasteiger partial charge in [0.15, 0.2) is 0 Å². The number of ether oxygens (including phenoxy) is 1. The maximum Gasteiger partial charge on any atom is 0.225 e. The standard InChI is InChI=1S/C14H24N4O2/c1-10(2)15-4-12-5-16-14(17-6-12)18-7-13(8-19)20-9-11(18)3/h5-6,10-11,13,15,19H,4,7-9H2,1-3H3. The van der Waals surface area contributed by atoms with E-state index in [1.807, 2.05) is 12.4 Å². The van der Waals surface area contributed by atoms with Gasteiger partial charge < -0.3 is 20.1 Å². The van der Waals surface area contributed by atoms with Crippen LogP contribution >= 0.6 is 0 Å². The lowest BCUT2D eigenvalue weighted by Crippen LogP contribution is -2.50. The van der Waals surface area contributed by atoms with Crippen molar-refractivity contribution in [1.82, 2.24) is 15.3 Å². The molecular formula is C14H24N4O2. The minimum atomic E-state index is -0.155. The summed E-state index contributed by atoms with van der Waals surface area (Å²) < 4.78 is 5.52. The lowest BCUT2D eigenvalue weighted by atomic mass is 10.2. The molecule has 2 N–H and O–H groups in total. The summed E-state index contributed by atoms with van der Waals surface area (Å²) in [6.07, 6.45) is 3.55. The van der Waals surface area contributed by atoms with Crippen LogP contribution in [0.3, 0.4) is 0 Å². The second-order valence-electron chi connectivity index (χ2n) is 5.57. The molecule has 6 nitrogen and oxygen atoms in total. The van der Waals surface area contributed by atoms with Crippen molar-refractivity contribution in [1.29, 1.82) is 0 Å². The molecule has 2 heterocycles. The number of aromatic nitrogens is 2. The second kappa shape index (κ2) is 6.97. The Labute approximate surface area is 120 Å². The van der Waals surface area contributed by atoms with E-state index < -0.39 is 0 Å². The van der Waals surface area contributed by atoms with E-state index in [4.69, 9.17) is 4.74 Å². The van der Waals surface area contributed by atoms with Crippen LogP contribution in [0.5, 0.6) is 0 Å². The van der Waals surface area contributed by atoms with Crippen molar-refractivity contribution in [3.05, 3.63) is 18.0 Å². The molecule has 1 aliphatic rings. The van der Waals surface area contributed by atoms with Crippen LogP contribution in [0.2, 0.25) is 0 Å². The first-order valence-corrected chi connectivity index (χ1v) is 7.13. The molecule has 20 heavy (non-hydrogen) atoms. The van der Waals surface area contributed by atoms with Crippen LogP contribution in [-0.4, -0.2) is 53.0 Å². The number of rotatable bonds is 5. The average Bonchev–Trinajstić information content (AvgIpc) is 2.46. The Morgan fingerprint density at radius 1 is 1.45 bits per heavy atom. The van der Waals surface area contributed by atoms with Gasteiger partial charge in [-0.1, -0.05) is 13.8 Å². The highest BCUT2D eigenvalue weighted by Crippen LogP contribution is 2.17. The second-order valence-corrected chi connectivity index (χ2v) is 5.57. The van der Waals surface area contributed by atoms with Crippen molar-refractivity contribution in [2.45, 2.75) is 45.5 Å². The van der Waals surface area contributed by atoms with E-state index in [1.54, 1.807) is 0 Å². The summed E-state index contributed by atoms with van der Waals surface area (Å²) in [6, 6.07) is 0.664. The summed E-state index contributed by atoms with van der Waals surface area (Å²) in [7, 11) is 0. The van der Waals surface area contributed by atoms with Gasteiger partial charge in [-0.15, -0.1) is 0 Å². The fraction of sp³-hybridized carbons (Fsp3) is 0.714. The maximum absolute atomic E-state index is 9.21. The first-order chi connectivity index (χ1) is 9.60. The highest BCUT2D eigenvalue weighted by Gasteiger charge is 2.27. The minimum Gasteiger partial charge on any atom is -0.394 e. The van der Waals surface area contributed by atoms with Crippen LogP contribution in [0.15, 0.2) is 12.4 Å². The summed E-state index contributed by atoms with van der Waals surface area (Å²) in [6.45, 7) is 8.31. The molecular weight excluding hydrogens is 256 g/mol. The smallest absolute Gasteiger partial charge is 0.225 e. The average molecular weight is 280 g/mol. The highest BCUT2D eigenvalue weighted by molar-refractivity contribution is 5.32. The van der Waals surface area contributed by atoms with Crippen molar-refractivity contribution in [2.24, 2.45) is 0 Å². The first-order valence-electron chi connectivity index (χ1n) is 7.13. The van der Waals surface area contributed by atoms with Gasteiger partial charge in [0.2, 0.25) is 5.95 Å². The van der Waals surface area contributed by atoms with Crippen molar-refractivity contribution in [3.63, 3.8) is 0 Å². The van der Waals surface area contributed by atoms with Crippen LogP contribution in [0.4, 0.5) is 5.95 Å². The Hall–Kier alpha value is -1.24. The van der Waals surface area contributed by atoms with E-state index >= 15 is 0 Å². The molecule has 2 atom stereocenters. The normalized spacial score (nSPS) is 23.4. The SMILES string of the molecule is CC(C)NCc1cnc(N2CC(CO)OCC2C)nc1. The summed E-state index contributed by atoms with van der Waals surface area (Å²) >= 11 is 0. The summed E-state index contributed by atoms with van der Waals surface area (Å²) in [5.74, 6) is 0.701. The lowest BCUT2D eigenvalue weighted by Gasteiger charge is -2.37. The fourth-order valence-corrected chi connectivity index (χ4v) is 2.12. The lowest BCUT2D eigenvalue weighted by molar-refractivity contribution is -0.0108. The zero-order valence-electron chi connectivity index (χ0n) is 12.4. The van der Waals surface area contributed by atoms with Crippen molar-refractivity contribution < 1.29 is 9.84 Å². The molecule has 6 heteroatoms. The Bertz CT molecular complexity index is 410. The quantitative estimate of drug-likeness (QED) is 0.821. The van der Waals surface area contributed by atoms with E-state index in [0.717, 1.165) is 12.1 Å². The minimum absolute atomic E-state index is 0.0274. The first kappa shape index (κ1) is 15.2. The Morgan fingerprint density at radius 3 is 2.75 bits per heavy atom. The molecule has 1 fully saturated rings. The van der Waals surface area contributed by atoms with Gasteiger partial charge in [0.25, 0.3) is 0 Å². The highest BCUT2D eigenvalue weighted by atomic mass is 16.5. The van der Waals surface area contributed by atoms with Crippen LogP contribution in [0.1, 0.15) is 26.3 Å². The fourth-order valence-electron chi connectivity index (χ4n) is 2.12. The van der Waals surface area contributed by atoms with Gasteiger partial charge in [0.1, 0.15) is 0 Å². The van der Waals surface area contributed by atoms with E-state index in [2.05, 4.69) is 41.0 Å². The van der Waals surface area contributed by atoms with Gasteiger partial charge in [0, 0.05) is 37.1 Å². The molecule has 1 aromatic rings. The predicted octanol–water partition coefficient (Wildman–Crippen LogP) is 0.561. The van der Waals surface area contributed by atoms with E-state index in [-0.39, 0.29) is 18.8 Å². The molecule has 1 aromatic heterocycles. The largest absolute Gasteiger partial charge is 0.394 e. The van der Waals surface area contributed by atoms with Gasteiger partial charge in [-0.05, 0) is 6.92 Å². The summed E-state index contributed by atoms with van der Waals surface area (Å²) in [5, 5.41) is 12.5. The Kier molecular flexibility index (Phi) is 5.28. The number of aliphatic hydroxyl groups is 1. The zero-order valence-corrected chi connectivity index (χ0v) is 12.4. The molecule has 0 amide bonds. The van der Waals surface area contributed by atoms with E-state index in [0.29, 0.717) is 25.1 Å². The molecule has 0 spiro atoms. The number of aliphatic hydroxyl groups excluding tert-OH is 1. The van der Waals surface area contributed by atoms with Gasteiger partial charge in [-0.3, -0.25) is 0 Å². The Balaban J connectivity index is 2.01. The number of hydrogen-bond donors (Lipinski definition) is 2. The van der Waals surface area contributed by atoms with Crippen LogP contribution in [0.25, 0.3) is 0 Å². The molecule has 0 aliphatic carbocycles. The molecule has 2 unspecified atom stereocenters. The molecule has 0 bridgehead atoms. The number of hydrogen-bond acceptors (Lipinski definition) is 6. The third-order valence-corrected chi connectivity index (χ3v) is 3.37. The van der Waals surface area contributed by atoms with Gasteiger partial charge in [-0.25, -0.2) is 9.97 Å². The van der Waals surface area contributed by atoms with Crippen molar-refractivity contribution >= 4 is 5.95 Å². The summed E-state index contributed by atoms with van der Waals surface area (Å²) in [4.78, 5) is 11.0. The molecule has 1 saturated heterocycles. The molecule has 2 rings (SSSR count). The van der Waals surface area contributed by atoms with Gasteiger partial charge in [-0.2, -0.15) is 0 Å². The number of anilines is 1. The molecule has 1 aliphatic heterocycles. The van der Waals surface area contributed by atoms with E-state index in [1.165, 1.54) is 0 Å². The number of morpholine rings is 1. The van der Waals surface area contributed by atoms with Crippen molar-refractivity contribution in [2.75, 3.05) is 24.7 Å². The topological polar surface area (TPSA) is 70.5 Å². The third kappa shape index (κ3) is 3.88. The molecule has 0 radical (unpaired) electrons. The van der Waals surface area contributed by atoms with Crippen LogP contribution < -0.4 is 10.2 Å². The molecule has 0 aromatic carbocycles. The number of nitrogens with zero attached hydrogens (tertiary/aromatic N) is 3. The number of nitrogens with one attached hydrogen (secondary N) is 1. The molecule has 0 saturated carbocycles. The maximum atomic E-state index is 9.21. The van der Waals surface area contributed by atoms with Gasteiger partial charge >= 0.3 is 0 Å². The van der Waals surface area contributed by atoms with Crippen LogP contribution in [-0.2, 0) is 11.3 Å². The third-order valence-electron chi connectivity index (χ3n) is 3.37. The predicted molar refractivity (Wildman–Crippen MR) is 77.6 cm³/mol. The van der Waals surface area contributed by atoms with E-state index in [9.17, 15) is 5.11 Å². The van der Waals surface area contributed by atoms with Crippen LogP contribution in [0, 0.1) is 0 Å². The molecule has 112 valence electrons. The van der Waals surface area contributed by atoms with Gasteiger partial charge in [0.05, 0.1) is 25.4 Å². The zero-order chi connectivity index (χ0) is 14.5. The Morgan fingerprint density at radius 2 is 2.15 bits per heavy atom.